The van der Waals surface area contributed by atoms with Gasteiger partial charge in [-0.15, -0.1) is 0 Å². The number of aryl methyl sites for hydroxylation is 2. The zero-order chi connectivity index (χ0) is 16.2. The third-order valence-electron chi connectivity index (χ3n) is 4.27. The minimum Gasteiger partial charge on any atom is -0.384 e. The quantitative estimate of drug-likeness (QED) is 0.900. The molecule has 1 N–H and O–H groups in total. The number of carbonyl (C=O) groups is 1. The van der Waals surface area contributed by atoms with Crippen LogP contribution >= 0.6 is 11.6 Å². The predicted octanol–water partition coefficient (Wildman–Crippen LogP) is 4.43. The highest BCUT2D eigenvalue weighted by molar-refractivity contribution is 6.30. The molecule has 0 atom stereocenters. The molecule has 1 aliphatic heterocycles. The maximum Gasteiger partial charge on any atom is 0.228 e. The Hall–Kier alpha value is -2.00. The number of amides is 1. The Bertz CT molecular complexity index is 714. The van der Waals surface area contributed by atoms with E-state index in [4.69, 9.17) is 11.6 Å². The molecule has 4 heteroatoms. The highest BCUT2D eigenvalue weighted by Gasteiger charge is 2.21. The van der Waals surface area contributed by atoms with Gasteiger partial charge in [0.25, 0.3) is 0 Å². The summed E-state index contributed by atoms with van der Waals surface area (Å²) < 4.78 is 0. The van der Waals surface area contributed by atoms with E-state index in [1.54, 1.807) is 0 Å². The fourth-order valence-electron chi connectivity index (χ4n) is 3.02. The van der Waals surface area contributed by atoms with E-state index in [0.717, 1.165) is 36.3 Å². The van der Waals surface area contributed by atoms with Crippen molar-refractivity contribution in [2.45, 2.75) is 26.2 Å². The Morgan fingerprint density at radius 3 is 2.96 bits per heavy atom. The second kappa shape index (κ2) is 7.05. The lowest BCUT2D eigenvalue weighted by Crippen LogP contribution is -2.36. The SMILES string of the molecule is Cc1ccc(Cl)cc1NCCC(=O)N1CCCc2ccccc21. The van der Waals surface area contributed by atoms with Gasteiger partial charge in [0.15, 0.2) is 0 Å². The molecular weight excluding hydrogens is 308 g/mol. The standard InChI is InChI=1S/C19H21ClN2O/c1-14-8-9-16(20)13-17(14)21-11-10-19(23)22-12-4-6-15-5-2-3-7-18(15)22/h2-3,5,7-9,13,21H,4,6,10-12H2,1H3. The number of nitrogens with zero attached hydrogens (tertiary/aromatic N) is 1. The van der Waals surface area contributed by atoms with Gasteiger partial charge in [0.05, 0.1) is 0 Å². The summed E-state index contributed by atoms with van der Waals surface area (Å²) in [5, 5.41) is 4.02. The summed E-state index contributed by atoms with van der Waals surface area (Å²) in [7, 11) is 0. The molecule has 0 bridgehead atoms. The van der Waals surface area contributed by atoms with Crippen molar-refractivity contribution in [3.05, 3.63) is 58.6 Å². The van der Waals surface area contributed by atoms with Crippen molar-refractivity contribution < 1.29 is 4.79 Å². The average Bonchev–Trinajstić information content (AvgIpc) is 2.57. The summed E-state index contributed by atoms with van der Waals surface area (Å²) in [6, 6.07) is 13.9. The van der Waals surface area contributed by atoms with Crippen LogP contribution in [0.3, 0.4) is 0 Å². The molecule has 2 aromatic carbocycles. The Balaban J connectivity index is 1.61. The maximum absolute atomic E-state index is 12.6. The van der Waals surface area contributed by atoms with Crippen molar-refractivity contribution in [2.75, 3.05) is 23.3 Å². The molecule has 0 fully saturated rings. The summed E-state index contributed by atoms with van der Waals surface area (Å²) in [4.78, 5) is 14.5. The molecule has 0 saturated carbocycles. The predicted molar refractivity (Wildman–Crippen MR) is 96.4 cm³/mol. The highest BCUT2D eigenvalue weighted by Crippen LogP contribution is 2.27. The fourth-order valence-corrected chi connectivity index (χ4v) is 3.19. The first kappa shape index (κ1) is 15.9. The average molecular weight is 329 g/mol. The number of benzene rings is 2. The van der Waals surface area contributed by atoms with Crippen LogP contribution in [0.1, 0.15) is 24.0 Å². The van der Waals surface area contributed by atoms with Crippen LogP contribution in [0.25, 0.3) is 0 Å². The van der Waals surface area contributed by atoms with E-state index in [2.05, 4.69) is 11.4 Å². The van der Waals surface area contributed by atoms with Crippen molar-refractivity contribution in [2.24, 2.45) is 0 Å². The van der Waals surface area contributed by atoms with Gasteiger partial charge < -0.3 is 10.2 Å². The third-order valence-corrected chi connectivity index (χ3v) is 4.50. The number of fused-ring (bicyclic) bond motifs is 1. The van der Waals surface area contributed by atoms with Gasteiger partial charge >= 0.3 is 0 Å². The summed E-state index contributed by atoms with van der Waals surface area (Å²) in [5.41, 5.74) is 4.46. The summed E-state index contributed by atoms with van der Waals surface area (Å²) >= 11 is 6.02. The molecule has 0 aromatic heterocycles. The van der Waals surface area contributed by atoms with E-state index in [1.165, 1.54) is 5.56 Å². The van der Waals surface area contributed by atoms with Crippen molar-refractivity contribution in [1.82, 2.24) is 0 Å². The number of hydrogen-bond acceptors (Lipinski definition) is 2. The molecule has 3 rings (SSSR count). The fraction of sp³-hybridized carbons (Fsp3) is 0.316. The zero-order valence-corrected chi connectivity index (χ0v) is 14.1. The smallest absolute Gasteiger partial charge is 0.228 e. The number of rotatable bonds is 4. The molecule has 0 aliphatic carbocycles. The van der Waals surface area contributed by atoms with Crippen LogP contribution in [-0.2, 0) is 11.2 Å². The molecule has 1 heterocycles. The summed E-state index contributed by atoms with van der Waals surface area (Å²) in [5.74, 6) is 0.171. The Labute approximate surface area is 142 Å². The molecule has 1 amide bonds. The van der Waals surface area contributed by atoms with E-state index >= 15 is 0 Å². The Morgan fingerprint density at radius 1 is 1.26 bits per heavy atom. The molecule has 0 spiro atoms. The van der Waals surface area contributed by atoms with Crippen molar-refractivity contribution in [3.63, 3.8) is 0 Å². The van der Waals surface area contributed by atoms with E-state index < -0.39 is 0 Å². The second-order valence-electron chi connectivity index (χ2n) is 5.91. The minimum absolute atomic E-state index is 0.171. The van der Waals surface area contributed by atoms with Crippen LogP contribution < -0.4 is 10.2 Å². The van der Waals surface area contributed by atoms with Gasteiger partial charge in [0.2, 0.25) is 5.91 Å². The first-order valence-electron chi connectivity index (χ1n) is 8.03. The number of nitrogens with one attached hydrogen (secondary N) is 1. The van der Waals surface area contributed by atoms with Crippen molar-refractivity contribution in [1.29, 1.82) is 0 Å². The van der Waals surface area contributed by atoms with Gasteiger partial charge in [0, 0.05) is 35.9 Å². The van der Waals surface area contributed by atoms with E-state index in [1.807, 2.05) is 48.2 Å². The molecule has 1 aliphatic rings. The van der Waals surface area contributed by atoms with E-state index in [9.17, 15) is 4.79 Å². The molecule has 3 nitrogen and oxygen atoms in total. The van der Waals surface area contributed by atoms with Gasteiger partial charge in [-0.05, 0) is 49.1 Å². The molecule has 23 heavy (non-hydrogen) atoms. The third kappa shape index (κ3) is 3.67. The summed E-state index contributed by atoms with van der Waals surface area (Å²) in [6.07, 6.45) is 2.56. The van der Waals surface area contributed by atoms with Gasteiger partial charge in [-0.2, -0.15) is 0 Å². The number of anilines is 2. The molecule has 120 valence electrons. The molecule has 0 saturated heterocycles. The summed E-state index contributed by atoms with van der Waals surface area (Å²) in [6.45, 7) is 3.45. The van der Waals surface area contributed by atoms with Crippen LogP contribution in [0.4, 0.5) is 11.4 Å². The molecule has 0 radical (unpaired) electrons. The molecular formula is C19H21ClN2O. The second-order valence-corrected chi connectivity index (χ2v) is 6.35. The topological polar surface area (TPSA) is 32.3 Å². The van der Waals surface area contributed by atoms with E-state index in [0.29, 0.717) is 18.0 Å². The van der Waals surface area contributed by atoms with Gasteiger partial charge in [0.1, 0.15) is 0 Å². The van der Waals surface area contributed by atoms with Crippen LogP contribution in [0.15, 0.2) is 42.5 Å². The molecule has 0 unspecified atom stereocenters. The lowest BCUT2D eigenvalue weighted by molar-refractivity contribution is -0.118. The van der Waals surface area contributed by atoms with Crippen LogP contribution in [0.5, 0.6) is 0 Å². The van der Waals surface area contributed by atoms with Crippen LogP contribution in [0.2, 0.25) is 5.02 Å². The van der Waals surface area contributed by atoms with Crippen LogP contribution in [-0.4, -0.2) is 19.0 Å². The largest absolute Gasteiger partial charge is 0.384 e. The van der Waals surface area contributed by atoms with Gasteiger partial charge in [-0.25, -0.2) is 0 Å². The van der Waals surface area contributed by atoms with E-state index in [-0.39, 0.29) is 5.91 Å². The number of carbonyl (C=O) groups excluding carboxylic acids is 1. The van der Waals surface area contributed by atoms with Gasteiger partial charge in [-0.1, -0.05) is 35.9 Å². The number of para-hydroxylation sites is 1. The lowest BCUT2D eigenvalue weighted by Gasteiger charge is -2.29. The maximum atomic E-state index is 12.6. The van der Waals surface area contributed by atoms with Crippen molar-refractivity contribution >= 4 is 28.9 Å². The van der Waals surface area contributed by atoms with Crippen molar-refractivity contribution in [3.8, 4) is 0 Å². The minimum atomic E-state index is 0.171. The first-order chi connectivity index (χ1) is 11.1. The lowest BCUT2D eigenvalue weighted by atomic mass is 10.0. The number of halogens is 1. The Kier molecular flexibility index (Phi) is 4.87. The number of hydrogen-bond donors (Lipinski definition) is 1. The first-order valence-corrected chi connectivity index (χ1v) is 8.41. The highest BCUT2D eigenvalue weighted by atomic mass is 35.5. The molecule has 2 aromatic rings. The Morgan fingerprint density at radius 2 is 2.09 bits per heavy atom. The zero-order valence-electron chi connectivity index (χ0n) is 13.3. The van der Waals surface area contributed by atoms with Gasteiger partial charge in [-0.3, -0.25) is 4.79 Å². The normalized spacial score (nSPS) is 13.6. The van der Waals surface area contributed by atoms with Crippen LogP contribution in [0, 0.1) is 6.92 Å². The monoisotopic (exact) mass is 328 g/mol.